The van der Waals surface area contributed by atoms with Gasteiger partial charge in [0, 0.05) is 28.1 Å². The van der Waals surface area contributed by atoms with E-state index in [1.165, 1.54) is 0 Å². The summed E-state index contributed by atoms with van der Waals surface area (Å²) in [6.45, 7) is -0.295. The number of ketones is 1. The number of carbonyl (C=O) groups excluding carboxylic acids is 4. The highest BCUT2D eigenvalue weighted by molar-refractivity contribution is 7.10. The number of amides is 4. The second-order valence-electron chi connectivity index (χ2n) is 7.68. The predicted octanol–water partition coefficient (Wildman–Crippen LogP) is 2.60. The van der Waals surface area contributed by atoms with Gasteiger partial charge in [0.1, 0.15) is 5.54 Å². The lowest BCUT2D eigenvalue weighted by atomic mass is 9.80. The lowest BCUT2D eigenvalue weighted by molar-refractivity contribution is -0.131. The lowest BCUT2D eigenvalue weighted by Crippen LogP contribution is -2.46. The second-order valence-corrected chi connectivity index (χ2v) is 8.68. The summed E-state index contributed by atoms with van der Waals surface area (Å²) in [5, 5.41) is 7.59. The number of hydrogen-bond acceptors (Lipinski definition) is 5. The highest BCUT2D eigenvalue weighted by Gasteiger charge is 2.54. The number of nitrogens with zero attached hydrogens (tertiary/aromatic N) is 1. The number of benzene rings is 1. The maximum Gasteiger partial charge on any atom is 0.325 e. The first-order valence-corrected chi connectivity index (χ1v) is 10.5. The second kappa shape index (κ2) is 6.52. The molecule has 7 nitrogen and oxygen atoms in total. The Morgan fingerprint density at radius 2 is 2.00 bits per heavy atom. The van der Waals surface area contributed by atoms with Gasteiger partial charge in [-0.2, -0.15) is 0 Å². The van der Waals surface area contributed by atoms with Crippen LogP contribution in [-0.4, -0.2) is 35.1 Å². The predicted molar refractivity (Wildman–Crippen MR) is 107 cm³/mol. The Bertz CT molecular complexity index is 1080. The number of carbonyl (C=O) groups is 4. The van der Waals surface area contributed by atoms with Gasteiger partial charge < -0.3 is 10.6 Å². The van der Waals surface area contributed by atoms with Crippen molar-refractivity contribution in [2.75, 3.05) is 11.9 Å². The molecule has 1 spiro atoms. The number of thiophene rings is 1. The van der Waals surface area contributed by atoms with Gasteiger partial charge in [0.05, 0.1) is 6.54 Å². The molecule has 1 aromatic carbocycles. The van der Waals surface area contributed by atoms with Crippen molar-refractivity contribution in [1.82, 2.24) is 10.2 Å². The Morgan fingerprint density at radius 3 is 2.86 bits per heavy atom. The standard InChI is InChI=1S/C21H19N3O4S/c25-16(13-3-5-15-12(10-13)4-6-18(26)22-15)11-24-19(27)21(23-20(24)28)8-1-2-17-14(21)7-9-29-17/h3,5,7,9-10H,1-2,4,6,8,11H2,(H,22,26)(H,23,28)/t21-/m1/s1. The number of nitrogens with one attached hydrogen (secondary N) is 2. The molecule has 4 amide bonds. The Balaban J connectivity index is 1.39. The third kappa shape index (κ3) is 2.78. The molecule has 1 aliphatic carbocycles. The minimum Gasteiger partial charge on any atom is -0.326 e. The fraction of sp³-hybridized carbons (Fsp3) is 0.333. The van der Waals surface area contributed by atoms with Crippen molar-refractivity contribution in [2.45, 2.75) is 37.6 Å². The zero-order chi connectivity index (χ0) is 20.2. The third-order valence-electron chi connectivity index (χ3n) is 5.96. The van der Waals surface area contributed by atoms with Gasteiger partial charge in [-0.05, 0) is 60.9 Å². The zero-order valence-corrected chi connectivity index (χ0v) is 16.4. The number of imide groups is 1. The summed E-state index contributed by atoms with van der Waals surface area (Å²) in [6.07, 6.45) is 3.21. The van der Waals surface area contributed by atoms with E-state index in [1.54, 1.807) is 29.5 Å². The van der Waals surface area contributed by atoms with Crippen LogP contribution in [0.2, 0.25) is 0 Å². The molecular formula is C21H19N3O4S. The van der Waals surface area contributed by atoms with Gasteiger partial charge in [0.25, 0.3) is 5.91 Å². The summed E-state index contributed by atoms with van der Waals surface area (Å²) in [5.41, 5.74) is 1.86. The number of Topliss-reactive ketones (excluding diaryl/α,β-unsaturated/α-hetero) is 1. The van der Waals surface area contributed by atoms with Crippen molar-refractivity contribution in [3.63, 3.8) is 0 Å². The Hall–Kier alpha value is -3.00. The Morgan fingerprint density at radius 1 is 1.14 bits per heavy atom. The molecule has 1 saturated heterocycles. The topological polar surface area (TPSA) is 95.6 Å². The van der Waals surface area contributed by atoms with E-state index in [-0.39, 0.29) is 24.1 Å². The van der Waals surface area contributed by atoms with Crippen molar-refractivity contribution in [1.29, 1.82) is 0 Å². The van der Waals surface area contributed by atoms with Crippen LogP contribution in [0.1, 0.15) is 45.6 Å². The van der Waals surface area contributed by atoms with Crippen molar-refractivity contribution < 1.29 is 19.2 Å². The number of hydrogen-bond donors (Lipinski definition) is 2. The van der Waals surface area contributed by atoms with Gasteiger partial charge in [-0.25, -0.2) is 4.79 Å². The molecule has 0 saturated carbocycles. The van der Waals surface area contributed by atoms with Crippen molar-refractivity contribution in [2.24, 2.45) is 0 Å². The van der Waals surface area contributed by atoms with Gasteiger partial charge >= 0.3 is 6.03 Å². The molecular weight excluding hydrogens is 390 g/mol. The first-order chi connectivity index (χ1) is 14.0. The largest absolute Gasteiger partial charge is 0.326 e. The monoisotopic (exact) mass is 409 g/mol. The van der Waals surface area contributed by atoms with Crippen molar-refractivity contribution in [3.05, 3.63) is 51.2 Å². The van der Waals surface area contributed by atoms with E-state index < -0.39 is 11.6 Å². The van der Waals surface area contributed by atoms with Crippen LogP contribution in [0.25, 0.3) is 0 Å². The summed E-state index contributed by atoms with van der Waals surface area (Å²) in [6, 6.07) is 6.45. The Kier molecular flexibility index (Phi) is 4.06. The summed E-state index contributed by atoms with van der Waals surface area (Å²) in [4.78, 5) is 52.4. The van der Waals surface area contributed by atoms with E-state index >= 15 is 0 Å². The lowest BCUT2D eigenvalue weighted by Gasteiger charge is -2.31. The minimum atomic E-state index is -1.04. The molecule has 3 heterocycles. The van der Waals surface area contributed by atoms with Crippen LogP contribution in [0, 0.1) is 0 Å². The number of urea groups is 1. The van der Waals surface area contributed by atoms with Crippen LogP contribution in [0.5, 0.6) is 0 Å². The summed E-state index contributed by atoms with van der Waals surface area (Å²) < 4.78 is 0. The molecule has 148 valence electrons. The van der Waals surface area contributed by atoms with E-state index in [2.05, 4.69) is 10.6 Å². The molecule has 1 fully saturated rings. The number of aryl methyl sites for hydroxylation is 2. The van der Waals surface area contributed by atoms with Crippen LogP contribution in [0.4, 0.5) is 10.5 Å². The molecule has 2 aromatic rings. The molecule has 0 radical (unpaired) electrons. The van der Waals surface area contributed by atoms with Crippen molar-refractivity contribution in [3.8, 4) is 0 Å². The molecule has 1 aromatic heterocycles. The van der Waals surface area contributed by atoms with Crippen LogP contribution in [0.3, 0.4) is 0 Å². The highest BCUT2D eigenvalue weighted by Crippen LogP contribution is 2.42. The highest BCUT2D eigenvalue weighted by atomic mass is 32.1. The van der Waals surface area contributed by atoms with Gasteiger partial charge in [-0.15, -0.1) is 11.3 Å². The fourth-order valence-corrected chi connectivity index (χ4v) is 5.48. The van der Waals surface area contributed by atoms with E-state index in [1.807, 2.05) is 11.4 Å². The zero-order valence-electron chi connectivity index (χ0n) is 15.6. The van der Waals surface area contributed by atoms with Crippen LogP contribution in [0.15, 0.2) is 29.6 Å². The molecule has 1 atom stereocenters. The van der Waals surface area contributed by atoms with E-state index in [9.17, 15) is 19.2 Å². The average molecular weight is 409 g/mol. The van der Waals surface area contributed by atoms with Crippen LogP contribution < -0.4 is 10.6 Å². The molecule has 3 aliphatic rings. The molecule has 0 bridgehead atoms. The molecule has 5 rings (SSSR count). The number of rotatable bonds is 3. The van der Waals surface area contributed by atoms with Crippen LogP contribution >= 0.6 is 11.3 Å². The van der Waals surface area contributed by atoms with Gasteiger partial charge in [0.2, 0.25) is 5.91 Å². The molecule has 8 heteroatoms. The van der Waals surface area contributed by atoms with E-state index in [0.29, 0.717) is 30.5 Å². The van der Waals surface area contributed by atoms with Gasteiger partial charge in [-0.1, -0.05) is 0 Å². The first kappa shape index (κ1) is 18.1. The molecule has 2 aliphatic heterocycles. The number of anilines is 1. The Labute approximate surface area is 171 Å². The minimum absolute atomic E-state index is 0.0403. The number of fused-ring (bicyclic) bond motifs is 3. The first-order valence-electron chi connectivity index (χ1n) is 9.65. The maximum absolute atomic E-state index is 13.2. The quantitative estimate of drug-likeness (QED) is 0.602. The molecule has 0 unspecified atom stereocenters. The third-order valence-corrected chi connectivity index (χ3v) is 6.94. The molecule has 29 heavy (non-hydrogen) atoms. The average Bonchev–Trinajstić information content (AvgIpc) is 3.28. The fourth-order valence-electron chi connectivity index (χ4n) is 4.48. The van der Waals surface area contributed by atoms with Crippen molar-refractivity contribution >= 4 is 40.7 Å². The van der Waals surface area contributed by atoms with E-state index in [0.717, 1.165) is 33.7 Å². The normalized spacial score (nSPS) is 22.9. The van der Waals surface area contributed by atoms with Crippen LogP contribution in [-0.2, 0) is 28.0 Å². The van der Waals surface area contributed by atoms with Gasteiger partial charge in [-0.3, -0.25) is 19.3 Å². The smallest absolute Gasteiger partial charge is 0.325 e. The molecule has 2 N–H and O–H groups in total. The summed E-state index contributed by atoms with van der Waals surface area (Å²) >= 11 is 1.60. The summed E-state index contributed by atoms with van der Waals surface area (Å²) in [7, 11) is 0. The SMILES string of the molecule is O=C1CCc2cc(C(=O)CN3C(=O)N[C@@]4(CCCc5sccc54)C3=O)ccc2N1. The van der Waals surface area contributed by atoms with E-state index in [4.69, 9.17) is 0 Å². The maximum atomic E-state index is 13.2. The van der Waals surface area contributed by atoms with Gasteiger partial charge in [0.15, 0.2) is 5.78 Å². The summed E-state index contributed by atoms with van der Waals surface area (Å²) in [5.74, 6) is -0.687.